The van der Waals surface area contributed by atoms with Crippen molar-refractivity contribution in [3.05, 3.63) is 91.0 Å². The fraction of sp³-hybridized carbons (Fsp3) is 0.125. The topological polar surface area (TPSA) is 44.8 Å². The highest BCUT2D eigenvalue weighted by Crippen LogP contribution is 2.26. The van der Waals surface area contributed by atoms with E-state index in [1.54, 1.807) is 19.2 Å². The van der Waals surface area contributed by atoms with Crippen LogP contribution in [-0.4, -0.2) is 19.7 Å². The number of hydrogen-bond donors (Lipinski definition) is 0. The number of benzene rings is 3. The lowest BCUT2D eigenvalue weighted by atomic mass is 9.99. The standard InChI is InChI=1S/C24H22O4S/c1-3-24(25)28-23-14-12-22(13-15-23)21-10-8-20(9-11-21)19-6-4-18(5-7-19)16-17-27-29-26-2/h3-15H,1,16-17H2,2H3. The van der Waals surface area contributed by atoms with Crippen molar-refractivity contribution in [1.29, 1.82) is 0 Å². The quantitative estimate of drug-likeness (QED) is 0.146. The smallest absolute Gasteiger partial charge is 0.335 e. The minimum atomic E-state index is -0.463. The van der Waals surface area contributed by atoms with Crippen LogP contribution in [0, 0.1) is 0 Å². The summed E-state index contributed by atoms with van der Waals surface area (Å²) in [7, 11) is 1.58. The molecule has 0 N–H and O–H groups in total. The van der Waals surface area contributed by atoms with Gasteiger partial charge < -0.3 is 4.74 Å². The molecule has 0 fully saturated rings. The van der Waals surface area contributed by atoms with E-state index in [9.17, 15) is 4.79 Å². The van der Waals surface area contributed by atoms with Gasteiger partial charge in [0.1, 0.15) is 5.75 Å². The van der Waals surface area contributed by atoms with E-state index < -0.39 is 5.97 Å². The van der Waals surface area contributed by atoms with Gasteiger partial charge in [0.25, 0.3) is 0 Å². The molecule has 0 unspecified atom stereocenters. The van der Waals surface area contributed by atoms with Gasteiger partial charge in [0.05, 0.1) is 13.7 Å². The highest BCUT2D eigenvalue weighted by atomic mass is 32.2. The molecule has 0 saturated heterocycles. The molecule has 0 radical (unpaired) electrons. The Morgan fingerprint density at radius 3 is 1.83 bits per heavy atom. The predicted molar refractivity (Wildman–Crippen MR) is 117 cm³/mol. The molecule has 3 aromatic carbocycles. The molecule has 0 bridgehead atoms. The van der Waals surface area contributed by atoms with Crippen molar-refractivity contribution in [2.45, 2.75) is 6.42 Å². The summed E-state index contributed by atoms with van der Waals surface area (Å²) in [4.78, 5) is 11.3. The lowest BCUT2D eigenvalue weighted by Gasteiger charge is -2.07. The number of carbonyl (C=O) groups is 1. The maximum Gasteiger partial charge on any atom is 0.335 e. The Kier molecular flexibility index (Phi) is 7.64. The summed E-state index contributed by atoms with van der Waals surface area (Å²) >= 11 is 1.01. The summed E-state index contributed by atoms with van der Waals surface area (Å²) in [6.07, 6.45) is 1.99. The molecule has 4 nitrogen and oxygen atoms in total. The van der Waals surface area contributed by atoms with Crippen LogP contribution in [0.4, 0.5) is 0 Å². The van der Waals surface area contributed by atoms with Gasteiger partial charge in [-0.3, -0.25) is 8.37 Å². The molecular weight excluding hydrogens is 384 g/mol. The second-order valence-corrected chi connectivity index (χ2v) is 6.94. The number of rotatable bonds is 9. The first-order valence-corrected chi connectivity index (χ1v) is 9.82. The van der Waals surface area contributed by atoms with Crippen LogP contribution in [0.15, 0.2) is 85.5 Å². The molecule has 0 amide bonds. The molecule has 3 rings (SSSR count). The van der Waals surface area contributed by atoms with Gasteiger partial charge in [0.15, 0.2) is 12.3 Å². The fourth-order valence-corrected chi connectivity index (χ4v) is 3.08. The lowest BCUT2D eigenvalue weighted by Crippen LogP contribution is -2.02. The molecule has 29 heavy (non-hydrogen) atoms. The van der Waals surface area contributed by atoms with E-state index in [2.05, 4.69) is 55.1 Å². The average Bonchev–Trinajstić information content (AvgIpc) is 2.78. The predicted octanol–water partition coefficient (Wildman–Crippen LogP) is 5.88. The highest BCUT2D eigenvalue weighted by molar-refractivity contribution is 7.89. The van der Waals surface area contributed by atoms with Crippen molar-refractivity contribution in [3.63, 3.8) is 0 Å². The molecule has 5 heteroatoms. The molecule has 0 atom stereocenters. The summed E-state index contributed by atoms with van der Waals surface area (Å²) in [5, 5.41) is 0. The largest absolute Gasteiger partial charge is 0.423 e. The van der Waals surface area contributed by atoms with E-state index in [1.165, 1.54) is 11.1 Å². The van der Waals surface area contributed by atoms with Crippen LogP contribution in [-0.2, 0) is 19.6 Å². The Bertz CT molecular complexity index is 932. The van der Waals surface area contributed by atoms with E-state index in [0.29, 0.717) is 12.4 Å². The number of esters is 1. The molecule has 148 valence electrons. The van der Waals surface area contributed by atoms with Gasteiger partial charge in [0, 0.05) is 6.08 Å². The first kappa shape index (κ1) is 20.9. The van der Waals surface area contributed by atoms with E-state index in [4.69, 9.17) is 13.1 Å². The summed E-state index contributed by atoms with van der Waals surface area (Å²) in [6, 6.07) is 24.3. The summed E-state index contributed by atoms with van der Waals surface area (Å²) < 4.78 is 15.2. The van der Waals surface area contributed by atoms with E-state index >= 15 is 0 Å². The highest BCUT2D eigenvalue weighted by Gasteiger charge is 2.04. The summed E-state index contributed by atoms with van der Waals surface area (Å²) in [5.74, 6) is 0.0380. The summed E-state index contributed by atoms with van der Waals surface area (Å²) in [6.45, 7) is 4.00. The zero-order chi connectivity index (χ0) is 20.5. The normalized spacial score (nSPS) is 10.5. The third kappa shape index (κ3) is 6.06. The molecule has 0 aliphatic carbocycles. The lowest BCUT2D eigenvalue weighted by molar-refractivity contribution is -0.128. The maximum absolute atomic E-state index is 11.3. The monoisotopic (exact) mass is 406 g/mol. The van der Waals surface area contributed by atoms with Crippen LogP contribution < -0.4 is 4.74 Å². The molecule has 0 spiro atoms. The van der Waals surface area contributed by atoms with Gasteiger partial charge in [-0.15, -0.1) is 0 Å². The number of ether oxygens (including phenoxy) is 1. The van der Waals surface area contributed by atoms with Gasteiger partial charge in [-0.2, -0.15) is 0 Å². The van der Waals surface area contributed by atoms with Crippen molar-refractivity contribution < 1.29 is 17.9 Å². The second kappa shape index (κ2) is 10.6. The Morgan fingerprint density at radius 2 is 1.34 bits per heavy atom. The third-order valence-corrected chi connectivity index (χ3v) is 4.73. The third-order valence-electron chi connectivity index (χ3n) is 4.34. The summed E-state index contributed by atoms with van der Waals surface area (Å²) in [5.41, 5.74) is 5.69. The molecule has 0 saturated carbocycles. The van der Waals surface area contributed by atoms with Crippen molar-refractivity contribution in [1.82, 2.24) is 0 Å². The van der Waals surface area contributed by atoms with Crippen molar-refractivity contribution in [2.75, 3.05) is 13.7 Å². The van der Waals surface area contributed by atoms with Crippen molar-refractivity contribution in [3.8, 4) is 28.0 Å². The van der Waals surface area contributed by atoms with Crippen LogP contribution >= 0.6 is 12.3 Å². The van der Waals surface area contributed by atoms with Crippen LogP contribution in [0.25, 0.3) is 22.3 Å². The Hall–Kier alpha value is -2.86. The van der Waals surface area contributed by atoms with E-state index in [0.717, 1.165) is 41.5 Å². The molecule has 3 aromatic rings. The Balaban J connectivity index is 1.64. The Morgan fingerprint density at radius 1 is 0.862 bits per heavy atom. The van der Waals surface area contributed by atoms with Gasteiger partial charge in [-0.25, -0.2) is 4.79 Å². The zero-order valence-electron chi connectivity index (χ0n) is 16.2. The van der Waals surface area contributed by atoms with Gasteiger partial charge >= 0.3 is 5.97 Å². The molecule has 0 aliphatic heterocycles. The van der Waals surface area contributed by atoms with Crippen molar-refractivity contribution >= 4 is 18.3 Å². The zero-order valence-corrected chi connectivity index (χ0v) is 17.0. The first-order valence-electron chi connectivity index (χ1n) is 9.16. The van der Waals surface area contributed by atoms with Gasteiger partial charge in [-0.1, -0.05) is 67.2 Å². The van der Waals surface area contributed by atoms with Gasteiger partial charge in [0.2, 0.25) is 0 Å². The van der Waals surface area contributed by atoms with Crippen LogP contribution in [0.3, 0.4) is 0 Å². The van der Waals surface area contributed by atoms with Crippen LogP contribution in [0.1, 0.15) is 5.56 Å². The minimum Gasteiger partial charge on any atom is -0.423 e. The minimum absolute atomic E-state index is 0.463. The molecule has 0 aromatic heterocycles. The van der Waals surface area contributed by atoms with Crippen LogP contribution in [0.2, 0.25) is 0 Å². The van der Waals surface area contributed by atoms with E-state index in [-0.39, 0.29) is 0 Å². The first-order chi connectivity index (χ1) is 14.2. The second-order valence-electron chi connectivity index (χ2n) is 6.23. The average molecular weight is 407 g/mol. The fourth-order valence-electron chi connectivity index (χ4n) is 2.83. The molecule has 0 aliphatic rings. The maximum atomic E-state index is 11.3. The van der Waals surface area contributed by atoms with Gasteiger partial charge in [-0.05, 0) is 46.4 Å². The molecule has 0 heterocycles. The number of hydrogen-bond acceptors (Lipinski definition) is 5. The van der Waals surface area contributed by atoms with Crippen molar-refractivity contribution in [2.24, 2.45) is 0 Å². The SMILES string of the molecule is C=CC(=O)Oc1ccc(-c2ccc(-c3ccc(CCOSOC)cc3)cc2)cc1. The Labute approximate surface area is 175 Å². The number of carbonyl (C=O) groups excluding carboxylic acids is 1. The van der Waals surface area contributed by atoms with E-state index in [1.807, 2.05) is 12.1 Å². The van der Waals surface area contributed by atoms with Crippen LogP contribution in [0.5, 0.6) is 5.75 Å². The molecular formula is C24H22O4S.